The molecule has 2 aliphatic heterocycles. The molecule has 16 heavy (non-hydrogen) atoms. The molecular weight excluding hydrogens is 218 g/mol. The van der Waals surface area contributed by atoms with Crippen LogP contribution in [0.5, 0.6) is 0 Å². The summed E-state index contributed by atoms with van der Waals surface area (Å²) in [5.41, 5.74) is 0.725. The predicted molar refractivity (Wildman–Crippen MR) is 70.0 cm³/mol. The van der Waals surface area contributed by atoms with Gasteiger partial charge in [-0.2, -0.15) is 11.8 Å². The normalized spacial score (nSPS) is 35.7. The fourth-order valence-electron chi connectivity index (χ4n) is 2.99. The van der Waals surface area contributed by atoms with Crippen LogP contribution in [0.3, 0.4) is 0 Å². The lowest BCUT2D eigenvalue weighted by atomic mass is 9.96. The average molecular weight is 239 g/mol. The second-order valence-corrected chi connectivity index (χ2v) is 6.72. The second kappa shape index (κ2) is 4.13. The largest absolute Gasteiger partial charge is 0.356 e. The maximum atomic E-state index is 4.44. The number of guanidine groups is 1. The molecule has 2 atom stereocenters. The van der Waals surface area contributed by atoms with Crippen molar-refractivity contribution in [2.75, 3.05) is 24.6 Å². The maximum absolute atomic E-state index is 4.44. The Balaban J connectivity index is 1.44. The quantitative estimate of drug-likeness (QED) is 0.766. The zero-order valence-electron chi connectivity index (χ0n) is 9.96. The molecule has 3 aliphatic rings. The van der Waals surface area contributed by atoms with Crippen molar-refractivity contribution in [3.63, 3.8) is 0 Å². The minimum atomic E-state index is 0.516. The van der Waals surface area contributed by atoms with Crippen LogP contribution >= 0.6 is 11.8 Å². The van der Waals surface area contributed by atoms with Gasteiger partial charge in [-0.15, -0.1) is 0 Å². The first-order valence-corrected chi connectivity index (χ1v) is 7.57. The van der Waals surface area contributed by atoms with Gasteiger partial charge >= 0.3 is 0 Å². The standard InChI is InChI=1S/C12H21N3S/c1-9-7-13-11(15-9)14-8-10-6-12(10)2-4-16-5-3-12/h9-10H,2-8H2,1H3,(H2,13,14,15). The number of nitrogens with zero attached hydrogens (tertiary/aromatic N) is 1. The number of hydrogen-bond acceptors (Lipinski definition) is 4. The van der Waals surface area contributed by atoms with Crippen molar-refractivity contribution in [1.29, 1.82) is 0 Å². The summed E-state index contributed by atoms with van der Waals surface area (Å²) in [7, 11) is 0. The molecule has 1 spiro atoms. The van der Waals surface area contributed by atoms with Crippen LogP contribution in [-0.2, 0) is 0 Å². The Labute approximate surface area is 102 Å². The van der Waals surface area contributed by atoms with E-state index in [0.29, 0.717) is 6.04 Å². The summed E-state index contributed by atoms with van der Waals surface area (Å²) < 4.78 is 0. The van der Waals surface area contributed by atoms with E-state index in [2.05, 4.69) is 34.3 Å². The molecule has 4 heteroatoms. The third-order valence-electron chi connectivity index (χ3n) is 4.27. The fourth-order valence-corrected chi connectivity index (χ4v) is 4.30. The number of aliphatic imine (C=N–C) groups is 1. The van der Waals surface area contributed by atoms with Gasteiger partial charge in [-0.25, -0.2) is 0 Å². The Kier molecular flexibility index (Phi) is 2.78. The number of rotatable bonds is 2. The highest BCUT2D eigenvalue weighted by atomic mass is 32.2. The summed E-state index contributed by atoms with van der Waals surface area (Å²) in [5, 5.41) is 6.84. The molecular formula is C12H21N3S. The molecule has 1 saturated carbocycles. The Hall–Kier alpha value is -0.380. The van der Waals surface area contributed by atoms with Crippen molar-refractivity contribution < 1.29 is 0 Å². The van der Waals surface area contributed by atoms with Crippen molar-refractivity contribution >= 4 is 17.7 Å². The Morgan fingerprint density at radius 3 is 3.00 bits per heavy atom. The van der Waals surface area contributed by atoms with Crippen LogP contribution in [0.15, 0.2) is 4.99 Å². The first kappa shape index (κ1) is 10.8. The molecule has 3 nitrogen and oxygen atoms in total. The van der Waals surface area contributed by atoms with Crippen molar-refractivity contribution in [3.8, 4) is 0 Å². The van der Waals surface area contributed by atoms with E-state index in [1.807, 2.05) is 0 Å². The highest BCUT2D eigenvalue weighted by Gasteiger charge is 2.53. The summed E-state index contributed by atoms with van der Waals surface area (Å²) in [6.07, 6.45) is 4.34. The smallest absolute Gasteiger partial charge is 0.191 e. The molecule has 3 rings (SSSR count). The SMILES string of the molecule is CC1CN=C(NCC2CC23CCSCC3)N1. The third kappa shape index (κ3) is 2.04. The molecule has 0 amide bonds. The second-order valence-electron chi connectivity index (χ2n) is 5.49. The van der Waals surface area contributed by atoms with Gasteiger partial charge in [0.05, 0.1) is 6.54 Å². The molecule has 0 aromatic heterocycles. The Morgan fingerprint density at radius 1 is 1.50 bits per heavy atom. The summed E-state index contributed by atoms with van der Waals surface area (Å²) >= 11 is 2.13. The van der Waals surface area contributed by atoms with Crippen LogP contribution in [0.2, 0.25) is 0 Å². The third-order valence-corrected chi connectivity index (χ3v) is 5.26. The molecule has 2 heterocycles. The lowest BCUT2D eigenvalue weighted by molar-refractivity contribution is 0.417. The van der Waals surface area contributed by atoms with Gasteiger partial charge in [-0.3, -0.25) is 4.99 Å². The maximum Gasteiger partial charge on any atom is 0.191 e. The summed E-state index contributed by atoms with van der Waals surface area (Å²) in [6, 6.07) is 0.516. The van der Waals surface area contributed by atoms with Crippen molar-refractivity contribution in [2.45, 2.75) is 32.2 Å². The van der Waals surface area contributed by atoms with Gasteiger partial charge in [0.2, 0.25) is 0 Å². The van der Waals surface area contributed by atoms with Gasteiger partial charge in [0.25, 0.3) is 0 Å². The van der Waals surface area contributed by atoms with Crippen LogP contribution in [0, 0.1) is 11.3 Å². The Bertz CT molecular complexity index is 297. The van der Waals surface area contributed by atoms with E-state index >= 15 is 0 Å². The zero-order valence-corrected chi connectivity index (χ0v) is 10.8. The molecule has 1 saturated heterocycles. The predicted octanol–water partition coefficient (Wildman–Crippen LogP) is 1.46. The van der Waals surface area contributed by atoms with E-state index in [9.17, 15) is 0 Å². The fraction of sp³-hybridized carbons (Fsp3) is 0.917. The van der Waals surface area contributed by atoms with Gasteiger partial charge in [-0.05, 0) is 49.0 Å². The molecule has 2 N–H and O–H groups in total. The monoisotopic (exact) mass is 239 g/mol. The zero-order chi connectivity index (χ0) is 11.0. The molecule has 2 fully saturated rings. The van der Waals surface area contributed by atoms with E-state index in [1.165, 1.54) is 30.8 Å². The number of hydrogen-bond donors (Lipinski definition) is 2. The van der Waals surface area contributed by atoms with Gasteiger partial charge < -0.3 is 10.6 Å². The van der Waals surface area contributed by atoms with E-state index in [4.69, 9.17) is 0 Å². The first-order valence-electron chi connectivity index (χ1n) is 6.41. The van der Waals surface area contributed by atoms with E-state index in [0.717, 1.165) is 30.4 Å². The van der Waals surface area contributed by atoms with Crippen LogP contribution in [0.1, 0.15) is 26.2 Å². The van der Waals surface area contributed by atoms with E-state index in [-0.39, 0.29) is 0 Å². The minimum absolute atomic E-state index is 0.516. The van der Waals surface area contributed by atoms with E-state index in [1.54, 1.807) is 0 Å². The highest BCUT2D eigenvalue weighted by molar-refractivity contribution is 7.99. The van der Waals surface area contributed by atoms with Gasteiger partial charge in [-0.1, -0.05) is 0 Å². The van der Waals surface area contributed by atoms with Crippen molar-refractivity contribution in [3.05, 3.63) is 0 Å². The van der Waals surface area contributed by atoms with Crippen LogP contribution in [0.4, 0.5) is 0 Å². The summed E-state index contributed by atoms with van der Waals surface area (Å²) in [5.74, 6) is 4.70. The van der Waals surface area contributed by atoms with Gasteiger partial charge in [0, 0.05) is 12.6 Å². The average Bonchev–Trinajstić information content (AvgIpc) is 2.77. The minimum Gasteiger partial charge on any atom is -0.356 e. The summed E-state index contributed by atoms with van der Waals surface area (Å²) in [6.45, 7) is 4.23. The first-order chi connectivity index (χ1) is 7.78. The topological polar surface area (TPSA) is 36.4 Å². The van der Waals surface area contributed by atoms with Crippen LogP contribution in [0.25, 0.3) is 0 Å². The summed E-state index contributed by atoms with van der Waals surface area (Å²) in [4.78, 5) is 4.44. The number of nitrogens with one attached hydrogen (secondary N) is 2. The molecule has 1 aliphatic carbocycles. The molecule has 0 bridgehead atoms. The molecule has 0 aromatic carbocycles. The van der Waals surface area contributed by atoms with Crippen LogP contribution in [-0.4, -0.2) is 36.6 Å². The molecule has 0 aromatic rings. The number of thioether (sulfide) groups is 1. The highest BCUT2D eigenvalue weighted by Crippen LogP contribution is 2.60. The van der Waals surface area contributed by atoms with Crippen molar-refractivity contribution in [1.82, 2.24) is 10.6 Å². The molecule has 0 radical (unpaired) electrons. The molecule has 2 unspecified atom stereocenters. The molecule has 90 valence electrons. The van der Waals surface area contributed by atoms with Crippen molar-refractivity contribution in [2.24, 2.45) is 16.3 Å². The lowest BCUT2D eigenvalue weighted by Crippen LogP contribution is -2.39. The lowest BCUT2D eigenvalue weighted by Gasteiger charge is -2.22. The Morgan fingerprint density at radius 2 is 2.31 bits per heavy atom. The van der Waals surface area contributed by atoms with Gasteiger partial charge in [0.15, 0.2) is 5.96 Å². The van der Waals surface area contributed by atoms with Crippen LogP contribution < -0.4 is 10.6 Å². The van der Waals surface area contributed by atoms with E-state index < -0.39 is 0 Å². The van der Waals surface area contributed by atoms with Gasteiger partial charge in [0.1, 0.15) is 0 Å².